The first kappa shape index (κ1) is 26.6. The number of phosphoric acid groups is 3. The van der Waals surface area contributed by atoms with Gasteiger partial charge in [-0.1, -0.05) is 5.11 Å². The highest BCUT2D eigenvalue weighted by Gasteiger charge is 2.47. The number of aliphatic hydroxyl groups is 1. The largest absolute Gasteiger partial charge is 0.490 e. The van der Waals surface area contributed by atoms with Crippen LogP contribution < -0.4 is 5.56 Å². The number of aromatic nitrogens is 4. The van der Waals surface area contributed by atoms with Crippen molar-refractivity contribution in [2.45, 2.75) is 31.4 Å². The monoisotopic (exact) mass is 547 g/mol. The number of H-pyrrole nitrogens is 1. The Labute approximate surface area is 187 Å². The van der Waals surface area contributed by atoms with Gasteiger partial charge in [0.05, 0.1) is 19.0 Å². The van der Waals surface area contributed by atoms with Gasteiger partial charge in [0, 0.05) is 4.91 Å². The maximum absolute atomic E-state index is 12.0. The van der Waals surface area contributed by atoms with Crippen LogP contribution in [0.25, 0.3) is 21.6 Å². The van der Waals surface area contributed by atoms with E-state index in [-0.39, 0.29) is 17.0 Å². The third-order valence-electron chi connectivity index (χ3n) is 4.16. The zero-order chi connectivity index (χ0) is 25.5. The molecule has 3 heterocycles. The fourth-order valence-corrected chi connectivity index (χ4v) is 6.00. The van der Waals surface area contributed by atoms with Crippen molar-refractivity contribution in [3.63, 3.8) is 0 Å². The van der Waals surface area contributed by atoms with E-state index in [4.69, 9.17) is 20.1 Å². The molecule has 0 aromatic carbocycles. The maximum atomic E-state index is 12.0. The number of fused-ring (bicyclic) bond motifs is 1. The lowest BCUT2D eigenvalue weighted by Gasteiger charge is -2.19. The van der Waals surface area contributed by atoms with Gasteiger partial charge in [-0.15, -0.1) is 0 Å². The highest BCUT2D eigenvalue weighted by atomic mass is 31.3. The van der Waals surface area contributed by atoms with Crippen LogP contribution in [0.4, 0.5) is 0 Å². The van der Waals surface area contributed by atoms with Crippen molar-refractivity contribution >= 4 is 34.6 Å². The summed E-state index contributed by atoms with van der Waals surface area (Å²) in [6.45, 7) is 0.484. The van der Waals surface area contributed by atoms with Gasteiger partial charge in [0.1, 0.15) is 24.2 Å². The second-order valence-electron chi connectivity index (χ2n) is 6.61. The number of aryl methyl sites for hydroxylation is 1. The molecule has 0 saturated carbocycles. The molecular formula is C11H16N7O13P3. The Balaban J connectivity index is 1.81. The van der Waals surface area contributed by atoms with Crippen molar-refractivity contribution in [2.75, 3.05) is 6.61 Å². The average Bonchev–Trinajstić information content (AvgIpc) is 3.19. The van der Waals surface area contributed by atoms with E-state index in [0.717, 1.165) is 6.33 Å². The van der Waals surface area contributed by atoms with Gasteiger partial charge in [0.25, 0.3) is 5.56 Å². The molecule has 2 aromatic heterocycles. The summed E-state index contributed by atoms with van der Waals surface area (Å²) in [6, 6.07) is -1.38. The van der Waals surface area contributed by atoms with Gasteiger partial charge < -0.3 is 34.4 Å². The number of hydrogen-bond donors (Lipinski definition) is 6. The number of phosphoric ester groups is 1. The molecule has 1 fully saturated rings. The molecule has 3 rings (SSSR count). The fourth-order valence-electron chi connectivity index (χ4n) is 2.97. The number of aromatic amines is 1. The second-order valence-corrected chi connectivity index (χ2v) is 11.0. The summed E-state index contributed by atoms with van der Waals surface area (Å²) in [4.78, 5) is 60.9. The minimum absolute atomic E-state index is 0.00475. The molecule has 34 heavy (non-hydrogen) atoms. The van der Waals surface area contributed by atoms with Gasteiger partial charge in [0.2, 0.25) is 0 Å². The number of aliphatic hydroxyl groups excluding tert-OH is 1. The van der Waals surface area contributed by atoms with E-state index in [1.165, 1.54) is 11.5 Å². The first-order chi connectivity index (χ1) is 15.6. The summed E-state index contributed by atoms with van der Waals surface area (Å²) in [6.07, 6.45) is -3.38. The molecule has 6 N–H and O–H groups in total. The van der Waals surface area contributed by atoms with Crippen LogP contribution in [0.15, 0.2) is 16.2 Å². The summed E-state index contributed by atoms with van der Waals surface area (Å²) in [5, 5.41) is 13.9. The highest BCUT2D eigenvalue weighted by molar-refractivity contribution is 7.66. The van der Waals surface area contributed by atoms with Gasteiger partial charge in [-0.05, 0) is 12.5 Å². The van der Waals surface area contributed by atoms with Gasteiger partial charge >= 0.3 is 23.5 Å². The van der Waals surface area contributed by atoms with E-state index in [2.05, 4.69) is 38.1 Å². The van der Waals surface area contributed by atoms with Crippen molar-refractivity contribution in [1.29, 1.82) is 0 Å². The highest BCUT2D eigenvalue weighted by Crippen LogP contribution is 2.66. The molecule has 1 saturated heterocycles. The molecule has 2 aromatic rings. The Bertz CT molecular complexity index is 1330. The van der Waals surface area contributed by atoms with Gasteiger partial charge in [0.15, 0.2) is 11.2 Å². The molecule has 6 atom stereocenters. The van der Waals surface area contributed by atoms with Crippen molar-refractivity contribution in [3.8, 4) is 0 Å². The van der Waals surface area contributed by atoms with Gasteiger partial charge in [-0.2, -0.15) is 8.62 Å². The molecule has 3 unspecified atom stereocenters. The summed E-state index contributed by atoms with van der Waals surface area (Å²) < 4.78 is 52.3. The number of imidazole rings is 1. The Morgan fingerprint density at radius 1 is 1.26 bits per heavy atom. The molecule has 1 aliphatic rings. The topological polar surface area (TPSA) is 302 Å². The van der Waals surface area contributed by atoms with Crippen LogP contribution in [0, 0.1) is 6.92 Å². The van der Waals surface area contributed by atoms with Crippen molar-refractivity contribution in [2.24, 2.45) is 5.11 Å². The maximum Gasteiger partial charge on any atom is 0.490 e. The van der Waals surface area contributed by atoms with E-state index in [1.54, 1.807) is 0 Å². The zero-order valence-electron chi connectivity index (χ0n) is 16.6. The van der Waals surface area contributed by atoms with Crippen LogP contribution in [-0.4, -0.2) is 69.1 Å². The quantitative estimate of drug-likeness (QED) is 0.102. The van der Waals surface area contributed by atoms with E-state index < -0.39 is 60.1 Å². The Morgan fingerprint density at radius 3 is 2.56 bits per heavy atom. The van der Waals surface area contributed by atoms with Crippen LogP contribution in [0.3, 0.4) is 0 Å². The number of nitrogens with one attached hydrogen (secondary N) is 1. The number of azide groups is 1. The molecule has 0 spiro atoms. The molecule has 1 aliphatic heterocycles. The molecule has 23 heteroatoms. The predicted molar refractivity (Wildman–Crippen MR) is 106 cm³/mol. The van der Waals surface area contributed by atoms with Crippen molar-refractivity contribution in [1.82, 2.24) is 19.5 Å². The zero-order valence-corrected chi connectivity index (χ0v) is 19.3. The number of nitrogens with zero attached hydrogens (tertiary/aromatic N) is 6. The smallest absolute Gasteiger partial charge is 0.390 e. The number of hydrogen-bond acceptors (Lipinski definition) is 12. The third kappa shape index (κ3) is 6.16. The van der Waals surface area contributed by atoms with Crippen LogP contribution in [0.5, 0.6) is 0 Å². The van der Waals surface area contributed by atoms with Crippen molar-refractivity contribution in [3.05, 3.63) is 32.9 Å². The van der Waals surface area contributed by atoms with E-state index in [0.29, 0.717) is 0 Å². The molecule has 0 radical (unpaired) electrons. The van der Waals surface area contributed by atoms with Crippen LogP contribution in [0.1, 0.15) is 12.1 Å². The van der Waals surface area contributed by atoms with Gasteiger partial charge in [-0.25, -0.2) is 23.7 Å². The van der Waals surface area contributed by atoms with Crippen LogP contribution in [-0.2, 0) is 31.6 Å². The molecule has 188 valence electrons. The summed E-state index contributed by atoms with van der Waals surface area (Å²) >= 11 is 0. The molecule has 0 aliphatic carbocycles. The van der Waals surface area contributed by atoms with E-state index in [1.807, 2.05) is 0 Å². The minimum Gasteiger partial charge on any atom is -0.390 e. The van der Waals surface area contributed by atoms with Crippen molar-refractivity contribution < 1.29 is 56.3 Å². The predicted octanol–water partition coefficient (Wildman–Crippen LogP) is -0.291. The van der Waals surface area contributed by atoms with Crippen LogP contribution in [0.2, 0.25) is 0 Å². The Morgan fingerprint density at radius 2 is 1.94 bits per heavy atom. The summed E-state index contributed by atoms with van der Waals surface area (Å²) in [5.41, 5.74) is 8.18. The lowest BCUT2D eigenvalue weighted by Crippen LogP contribution is -2.32. The summed E-state index contributed by atoms with van der Waals surface area (Å²) in [7, 11) is -16.8. The second kappa shape index (κ2) is 9.56. The number of rotatable bonds is 9. The van der Waals surface area contributed by atoms with Crippen LogP contribution >= 0.6 is 23.5 Å². The standard InChI is InChI=1S/C11H16N7O13P3/c1-4-14-9-7(10(20)15-4)13-3-18(9)11-6(16-17-12)8(19)5(29-11)2-28-33(24,25)31-34(26,27)30-32(21,22)23/h3,5-6,8,11,19H,2H2,1H3,(H,24,25)(H,26,27)(H,14,15,20)(H2,21,22,23)/t5-,6+,8?,11-/m1/s1. The number of ether oxygens (including phenoxy) is 1. The molecule has 0 bridgehead atoms. The first-order valence-electron chi connectivity index (χ1n) is 8.72. The van der Waals surface area contributed by atoms with E-state index in [9.17, 15) is 33.4 Å². The Kier molecular flexibility index (Phi) is 7.48. The Hall–Kier alpha value is -2.01. The fraction of sp³-hybridized carbons (Fsp3) is 0.545. The van der Waals surface area contributed by atoms with Gasteiger partial charge in [-0.3, -0.25) is 13.9 Å². The minimum atomic E-state index is -5.75. The summed E-state index contributed by atoms with van der Waals surface area (Å²) in [5.74, 6) is 0.210. The molecular weight excluding hydrogens is 531 g/mol. The third-order valence-corrected chi connectivity index (χ3v) is 7.97. The lowest BCUT2D eigenvalue weighted by molar-refractivity contribution is -0.0428. The SMILES string of the molecule is Cc1nc2c(ncn2[C@@H]2O[C@H](COP(=O)(O)OP(=O)(O)OP(=O)(O)O)C(O)[C@@H]2N=[N+]=[N-])c(=O)[nH]1. The molecule has 20 nitrogen and oxygen atoms in total. The molecule has 0 amide bonds. The normalized spacial score (nSPS) is 26.6. The lowest BCUT2D eigenvalue weighted by atomic mass is 10.1. The van der Waals surface area contributed by atoms with E-state index >= 15 is 0 Å². The average molecular weight is 547 g/mol. The first-order valence-corrected chi connectivity index (χ1v) is 13.2.